The predicted octanol–water partition coefficient (Wildman–Crippen LogP) is 6.59. The van der Waals surface area contributed by atoms with Crippen molar-refractivity contribution in [3.05, 3.63) is 68.7 Å². The highest BCUT2D eigenvalue weighted by molar-refractivity contribution is 5.87. The number of methoxy groups -OCH3 is 2. The fraction of sp³-hybridized carbons (Fsp3) is 0.714. The third-order valence-electron chi connectivity index (χ3n) is 10.6. The first-order valence-electron chi connectivity index (χ1n) is 28.4. The lowest BCUT2D eigenvalue weighted by molar-refractivity contribution is -0.147. The minimum atomic E-state index is -0.963. The summed E-state index contributed by atoms with van der Waals surface area (Å²) in [6.07, 6.45) is 4.54. The van der Waals surface area contributed by atoms with E-state index in [1.807, 2.05) is 26.0 Å². The van der Waals surface area contributed by atoms with Gasteiger partial charge in [0.15, 0.2) is 6.04 Å². The molecule has 0 aliphatic rings. The Morgan fingerprint density at radius 1 is 0.575 bits per heavy atom. The Hall–Kier alpha value is -7.02. The monoisotopic (exact) mass is 1240 g/mol. The third kappa shape index (κ3) is 45.9. The van der Waals surface area contributed by atoms with Crippen molar-refractivity contribution in [2.45, 2.75) is 117 Å². The number of rotatable bonds is 43. The van der Waals surface area contributed by atoms with Crippen molar-refractivity contribution in [1.82, 2.24) is 15.3 Å². The Bertz CT molecular complexity index is 2330. The summed E-state index contributed by atoms with van der Waals surface area (Å²) in [5.41, 5.74) is 22.4. The zero-order valence-electron chi connectivity index (χ0n) is 52.3. The van der Waals surface area contributed by atoms with Gasteiger partial charge in [0, 0.05) is 61.2 Å². The van der Waals surface area contributed by atoms with Crippen LogP contribution in [0.2, 0.25) is 0 Å². The smallest absolute Gasteiger partial charge is 0.416 e. The number of carbonyl (C=O) groups excluding carboxylic acids is 5. The first-order chi connectivity index (χ1) is 41.5. The molecule has 2 heterocycles. The van der Waals surface area contributed by atoms with Crippen LogP contribution < -0.4 is 20.9 Å². The molecule has 2 aromatic heterocycles. The molecule has 2 rings (SSSR count). The summed E-state index contributed by atoms with van der Waals surface area (Å²) in [5.74, 6) is -1.31. The molecule has 0 aliphatic carbocycles. The van der Waals surface area contributed by atoms with E-state index < -0.39 is 53.4 Å². The number of carboxylic acid groups (broad SMARTS) is 1. The van der Waals surface area contributed by atoms with Gasteiger partial charge in [-0.3, -0.25) is 24.2 Å². The molecule has 31 heteroatoms. The van der Waals surface area contributed by atoms with E-state index in [2.05, 4.69) is 40.1 Å². The molecule has 87 heavy (non-hydrogen) atoms. The topological polar surface area (TPSA) is 401 Å². The van der Waals surface area contributed by atoms with Crippen molar-refractivity contribution in [1.29, 1.82) is 0 Å². The molecule has 0 aromatic carbocycles. The third-order valence-corrected chi connectivity index (χ3v) is 10.6. The Morgan fingerprint density at radius 2 is 0.943 bits per heavy atom. The lowest BCUT2D eigenvalue weighted by Crippen LogP contribution is -2.45. The summed E-state index contributed by atoms with van der Waals surface area (Å²) in [4.78, 5) is 88.0. The standard InChI is InChI=1S/C28H46N6O9.C16H24N2O4.C12H24N4O6/c1-22-9-10-30-24(20-22)34(27(37)43-28(2,3)4)12-7-6-8-25(35)32-23(26(36)38-5)21-42-19-18-41-17-16-40-15-14-39-13-11-31-33-29;1-12-8-9-17-13(11-12)18(10-6-5-7-14(19)20)15(21)22-16(2,3)4;1-18-12(17)11(13)10-22-9-8-21-7-6-20-5-4-19-3-2-15-16-14/h9-10,20,23H,6-8,11-19,21H2,1-5H3,(H,32,35);8-9,11H,5-7,10H2,1-4H3,(H,19,20);11H,2-10,13H2,1H3/t23-;;11-/m0.0/s1. The fourth-order valence-electron chi connectivity index (χ4n) is 6.50. The fourth-order valence-corrected chi connectivity index (χ4v) is 6.50. The molecular weight excluding hydrogens is 1140 g/mol. The van der Waals surface area contributed by atoms with Crippen molar-refractivity contribution in [2.75, 3.05) is 156 Å². The number of amides is 3. The van der Waals surface area contributed by atoms with Gasteiger partial charge in [0.25, 0.3) is 0 Å². The number of anilines is 2. The Balaban J connectivity index is 0.00000141. The predicted molar refractivity (Wildman–Crippen MR) is 319 cm³/mol. The first kappa shape index (κ1) is 80.0. The number of unbranched alkanes of at least 4 members (excludes halogenated alkanes) is 2. The Morgan fingerprint density at radius 3 is 1.30 bits per heavy atom. The zero-order chi connectivity index (χ0) is 65.1. The molecule has 0 spiro atoms. The minimum Gasteiger partial charge on any atom is -0.481 e. The number of esters is 2. The lowest BCUT2D eigenvalue weighted by atomic mass is 10.2. The number of carboxylic acids is 1. The van der Waals surface area contributed by atoms with Gasteiger partial charge in [0.1, 0.15) is 28.9 Å². The number of hydrogen-bond donors (Lipinski definition) is 3. The van der Waals surface area contributed by atoms with Gasteiger partial charge in [-0.2, -0.15) is 0 Å². The highest BCUT2D eigenvalue weighted by Gasteiger charge is 2.27. The van der Waals surface area contributed by atoms with Crippen LogP contribution in [0.1, 0.15) is 91.2 Å². The number of carbonyl (C=O) groups is 6. The van der Waals surface area contributed by atoms with Gasteiger partial charge < -0.3 is 73.0 Å². The molecule has 2 aromatic rings. The number of aromatic nitrogens is 2. The van der Waals surface area contributed by atoms with Gasteiger partial charge in [0.05, 0.1) is 120 Å². The first-order valence-corrected chi connectivity index (χ1v) is 28.4. The quantitative estimate of drug-likeness (QED) is 0.0157. The van der Waals surface area contributed by atoms with E-state index in [9.17, 15) is 28.8 Å². The van der Waals surface area contributed by atoms with Crippen LogP contribution in [-0.4, -0.2) is 220 Å². The lowest BCUT2D eigenvalue weighted by Gasteiger charge is -2.27. The molecule has 0 saturated carbocycles. The minimum absolute atomic E-state index is 0.0725. The summed E-state index contributed by atoms with van der Waals surface area (Å²) in [6, 6.07) is 5.56. The maximum absolute atomic E-state index is 12.8. The van der Waals surface area contributed by atoms with E-state index >= 15 is 0 Å². The SMILES string of the molecule is COC(=O)[C@@H](N)COCCOCCOCCOCCN=[N+]=[N-].COC(=O)[C@H](COCCOCCOCCOCCN=[N+]=[N-])NC(=O)CCCCN(C(=O)OC(C)(C)C)c1cc(C)ccn1.Cc1ccnc(N(CCCCC(=O)O)C(=O)OC(C)(C)C)c1. The second-order valence-corrected chi connectivity index (χ2v) is 20.5. The van der Waals surface area contributed by atoms with Gasteiger partial charge in [-0.15, -0.1) is 0 Å². The van der Waals surface area contributed by atoms with Crippen molar-refractivity contribution in [3.63, 3.8) is 0 Å². The maximum atomic E-state index is 12.8. The second-order valence-electron chi connectivity index (χ2n) is 20.5. The number of nitrogens with zero attached hydrogens (tertiary/aromatic N) is 10. The zero-order valence-corrected chi connectivity index (χ0v) is 52.3. The average Bonchev–Trinajstić information content (AvgIpc) is 3.37. The molecule has 0 saturated heterocycles. The summed E-state index contributed by atoms with van der Waals surface area (Å²) >= 11 is 0. The summed E-state index contributed by atoms with van der Waals surface area (Å²) in [6.45, 7) is 21.1. The van der Waals surface area contributed by atoms with Crippen LogP contribution in [0.5, 0.6) is 0 Å². The van der Waals surface area contributed by atoms with Crippen LogP contribution >= 0.6 is 0 Å². The Kier molecular flexibility index (Phi) is 46.0. The van der Waals surface area contributed by atoms with Gasteiger partial charge in [-0.1, -0.05) is 10.2 Å². The second kappa shape index (κ2) is 50.0. The van der Waals surface area contributed by atoms with Crippen molar-refractivity contribution < 1.29 is 90.7 Å². The Labute approximate surface area is 510 Å². The molecule has 0 bridgehead atoms. The summed E-state index contributed by atoms with van der Waals surface area (Å²) in [5, 5.41) is 18.0. The van der Waals surface area contributed by atoms with Crippen molar-refractivity contribution >= 4 is 47.6 Å². The van der Waals surface area contributed by atoms with E-state index in [-0.39, 0.29) is 51.7 Å². The molecule has 0 fully saturated rings. The van der Waals surface area contributed by atoms with Crippen LogP contribution in [-0.2, 0) is 76.0 Å². The van der Waals surface area contributed by atoms with Gasteiger partial charge in [-0.05, 0) is 128 Å². The normalized spacial score (nSPS) is 11.6. The number of aliphatic carboxylic acids is 1. The van der Waals surface area contributed by atoms with Crippen LogP contribution in [0.3, 0.4) is 0 Å². The molecule has 492 valence electrons. The van der Waals surface area contributed by atoms with Gasteiger partial charge in [-0.25, -0.2) is 24.4 Å². The number of azide groups is 2. The average molecular weight is 1240 g/mol. The van der Waals surface area contributed by atoms with E-state index in [1.54, 1.807) is 66.1 Å². The maximum Gasteiger partial charge on any atom is 0.416 e. The van der Waals surface area contributed by atoms with E-state index in [1.165, 1.54) is 24.0 Å². The van der Waals surface area contributed by atoms with Crippen molar-refractivity contribution in [2.24, 2.45) is 16.0 Å². The van der Waals surface area contributed by atoms with E-state index in [4.69, 9.17) is 74.0 Å². The number of nitrogens with two attached hydrogens (primary N) is 1. The van der Waals surface area contributed by atoms with Gasteiger partial charge >= 0.3 is 30.1 Å². The van der Waals surface area contributed by atoms with Crippen molar-refractivity contribution in [3.8, 4) is 0 Å². The number of ether oxygens (including phenoxy) is 12. The number of pyridine rings is 2. The molecule has 0 unspecified atom stereocenters. The largest absolute Gasteiger partial charge is 0.481 e. The molecule has 2 atom stereocenters. The molecule has 4 N–H and O–H groups in total. The van der Waals surface area contributed by atoms with E-state index in [0.29, 0.717) is 136 Å². The van der Waals surface area contributed by atoms with Crippen LogP contribution in [0.4, 0.5) is 21.2 Å². The molecule has 0 radical (unpaired) electrons. The summed E-state index contributed by atoms with van der Waals surface area (Å²) < 4.78 is 62.5. The van der Waals surface area contributed by atoms with E-state index in [0.717, 1.165) is 11.1 Å². The number of nitrogens with one attached hydrogen (secondary N) is 1. The van der Waals surface area contributed by atoms with Crippen LogP contribution in [0, 0.1) is 13.8 Å². The summed E-state index contributed by atoms with van der Waals surface area (Å²) in [7, 11) is 2.51. The van der Waals surface area contributed by atoms with Crippen LogP contribution in [0.15, 0.2) is 46.9 Å². The van der Waals surface area contributed by atoms with Crippen LogP contribution in [0.25, 0.3) is 20.9 Å². The molecular formula is C56H94N12O19. The molecule has 31 nitrogen and oxygen atoms in total. The number of hydrogen-bond acceptors (Lipinski definition) is 23. The highest BCUT2D eigenvalue weighted by Crippen LogP contribution is 2.20. The van der Waals surface area contributed by atoms with Gasteiger partial charge in [0.2, 0.25) is 5.91 Å². The highest BCUT2D eigenvalue weighted by atomic mass is 16.6. The molecule has 3 amide bonds. The molecule has 0 aliphatic heterocycles. The number of aryl methyl sites for hydroxylation is 2.